The molecule has 23 heavy (non-hydrogen) atoms. The summed E-state index contributed by atoms with van der Waals surface area (Å²) in [5, 5.41) is 18.2. The van der Waals surface area contributed by atoms with Crippen LogP contribution in [0.4, 0.5) is 0 Å². The molecule has 0 atom stereocenters. The Hall–Kier alpha value is -1.77. The smallest absolute Gasteiger partial charge is 0.303 e. The van der Waals surface area contributed by atoms with E-state index in [9.17, 15) is 9.90 Å². The summed E-state index contributed by atoms with van der Waals surface area (Å²) >= 11 is 0. The number of carboxylic acid groups (broad SMARTS) is 1. The van der Waals surface area contributed by atoms with E-state index in [-0.39, 0.29) is 6.42 Å². The minimum Gasteiger partial charge on any atom is -0.512 e. The Balaban J connectivity index is 3.62. The van der Waals surface area contributed by atoms with Gasteiger partial charge >= 0.3 is 5.97 Å². The third-order valence-electron chi connectivity index (χ3n) is 3.32. The number of carboxylic acids is 1. The lowest BCUT2D eigenvalue weighted by Crippen LogP contribution is -1.92. The maximum Gasteiger partial charge on any atom is 0.303 e. The molecule has 0 saturated heterocycles. The molecular formula is C20H32O3. The molecule has 0 unspecified atom stereocenters. The molecule has 0 aromatic carbocycles. The van der Waals surface area contributed by atoms with Gasteiger partial charge in [0, 0.05) is 12.8 Å². The zero-order chi connectivity index (χ0) is 17.2. The van der Waals surface area contributed by atoms with Crippen LogP contribution in [0.2, 0.25) is 0 Å². The zero-order valence-corrected chi connectivity index (χ0v) is 14.4. The van der Waals surface area contributed by atoms with E-state index in [2.05, 4.69) is 19.1 Å². The maximum atomic E-state index is 10.3. The number of allylic oxidation sites excluding steroid dienone is 7. The van der Waals surface area contributed by atoms with Crippen molar-refractivity contribution in [3.63, 3.8) is 0 Å². The lowest BCUT2D eigenvalue weighted by Gasteiger charge is -1.94. The average molecular weight is 320 g/mol. The van der Waals surface area contributed by atoms with Crippen LogP contribution in [0.1, 0.15) is 71.1 Å². The van der Waals surface area contributed by atoms with E-state index in [0.717, 1.165) is 25.7 Å². The van der Waals surface area contributed by atoms with Crippen molar-refractivity contribution in [1.82, 2.24) is 0 Å². The van der Waals surface area contributed by atoms with Crippen molar-refractivity contribution >= 4 is 5.97 Å². The molecule has 0 saturated carbocycles. The zero-order valence-electron chi connectivity index (χ0n) is 14.4. The Labute approximate surface area is 141 Å². The number of aliphatic hydroxyl groups excluding tert-OH is 1. The molecule has 0 aliphatic rings. The summed E-state index contributed by atoms with van der Waals surface area (Å²) in [4.78, 5) is 10.3. The molecule has 0 aromatic rings. The van der Waals surface area contributed by atoms with Crippen molar-refractivity contribution in [3.8, 4) is 0 Å². The highest BCUT2D eigenvalue weighted by molar-refractivity contribution is 5.66. The lowest BCUT2D eigenvalue weighted by atomic mass is 10.2. The van der Waals surface area contributed by atoms with Gasteiger partial charge in [0.25, 0.3) is 0 Å². The normalized spacial score (nSPS) is 12.8. The molecule has 0 spiro atoms. The summed E-state index contributed by atoms with van der Waals surface area (Å²) in [5.41, 5.74) is 0. The molecule has 0 radical (unpaired) electrons. The van der Waals surface area contributed by atoms with Gasteiger partial charge in [-0.25, -0.2) is 0 Å². The molecule has 0 aliphatic heterocycles. The minimum atomic E-state index is -0.739. The molecule has 0 bridgehead atoms. The summed E-state index contributed by atoms with van der Waals surface area (Å²) in [6.07, 6.45) is 22.9. The van der Waals surface area contributed by atoms with Crippen LogP contribution in [0.25, 0.3) is 0 Å². The third-order valence-corrected chi connectivity index (χ3v) is 3.32. The monoisotopic (exact) mass is 320 g/mol. The summed E-state index contributed by atoms with van der Waals surface area (Å²) in [6.45, 7) is 2.20. The molecule has 2 N–H and O–H groups in total. The van der Waals surface area contributed by atoms with Crippen LogP contribution in [0.3, 0.4) is 0 Å². The highest BCUT2D eigenvalue weighted by Gasteiger charge is 1.92. The van der Waals surface area contributed by atoms with Crippen molar-refractivity contribution in [2.75, 3.05) is 0 Å². The van der Waals surface area contributed by atoms with Crippen molar-refractivity contribution in [2.45, 2.75) is 71.1 Å². The van der Waals surface area contributed by atoms with E-state index >= 15 is 0 Å². The first-order valence-electron chi connectivity index (χ1n) is 8.71. The van der Waals surface area contributed by atoms with Crippen molar-refractivity contribution in [3.05, 3.63) is 48.3 Å². The van der Waals surface area contributed by atoms with E-state index in [1.54, 1.807) is 0 Å². The van der Waals surface area contributed by atoms with Gasteiger partial charge in [-0.15, -0.1) is 0 Å². The van der Waals surface area contributed by atoms with Gasteiger partial charge in [-0.2, -0.15) is 0 Å². The van der Waals surface area contributed by atoms with Gasteiger partial charge in [0.05, 0.1) is 5.76 Å². The van der Waals surface area contributed by atoms with E-state index in [1.807, 2.05) is 30.4 Å². The van der Waals surface area contributed by atoms with Crippen LogP contribution < -0.4 is 0 Å². The van der Waals surface area contributed by atoms with Gasteiger partial charge in [0.1, 0.15) is 0 Å². The predicted molar refractivity (Wildman–Crippen MR) is 97.6 cm³/mol. The average Bonchev–Trinajstić information content (AvgIpc) is 2.52. The van der Waals surface area contributed by atoms with Gasteiger partial charge in [0.2, 0.25) is 0 Å². The molecule has 0 aromatic heterocycles. The first-order chi connectivity index (χ1) is 11.2. The molecule has 0 heterocycles. The Morgan fingerprint density at radius 1 is 0.826 bits per heavy atom. The maximum absolute atomic E-state index is 10.3. The molecule has 130 valence electrons. The van der Waals surface area contributed by atoms with Gasteiger partial charge < -0.3 is 10.2 Å². The second-order valence-electron chi connectivity index (χ2n) is 5.57. The lowest BCUT2D eigenvalue weighted by molar-refractivity contribution is -0.137. The van der Waals surface area contributed by atoms with Crippen LogP contribution in [0, 0.1) is 0 Å². The molecule has 0 fully saturated rings. The largest absolute Gasteiger partial charge is 0.512 e. The molecule has 0 aliphatic carbocycles. The van der Waals surface area contributed by atoms with Gasteiger partial charge in [0.15, 0.2) is 0 Å². The van der Waals surface area contributed by atoms with Crippen LogP contribution in [0.15, 0.2) is 48.3 Å². The predicted octanol–water partition coefficient (Wildman–Crippen LogP) is 6.10. The Bertz CT molecular complexity index is 403. The van der Waals surface area contributed by atoms with Crippen LogP contribution >= 0.6 is 0 Å². The van der Waals surface area contributed by atoms with E-state index in [1.165, 1.54) is 19.3 Å². The van der Waals surface area contributed by atoms with Crippen molar-refractivity contribution < 1.29 is 15.0 Å². The number of carbonyl (C=O) groups is 1. The van der Waals surface area contributed by atoms with Crippen molar-refractivity contribution in [2.24, 2.45) is 0 Å². The van der Waals surface area contributed by atoms with E-state index < -0.39 is 5.97 Å². The first kappa shape index (κ1) is 21.2. The Morgan fingerprint density at radius 2 is 1.48 bits per heavy atom. The molecule has 3 nitrogen and oxygen atoms in total. The number of hydrogen-bond acceptors (Lipinski definition) is 2. The van der Waals surface area contributed by atoms with Gasteiger partial charge in [-0.05, 0) is 44.6 Å². The summed E-state index contributed by atoms with van der Waals surface area (Å²) in [5.74, 6) is -0.332. The molecular weight excluding hydrogens is 288 g/mol. The van der Waals surface area contributed by atoms with Crippen LogP contribution in [-0.2, 0) is 4.79 Å². The summed E-state index contributed by atoms with van der Waals surface area (Å²) < 4.78 is 0. The van der Waals surface area contributed by atoms with Gasteiger partial charge in [-0.1, -0.05) is 56.2 Å². The standard InChI is InChI=1S/C20H32O3/c1-2-3-4-5-7-10-13-16-19(21)17-14-11-8-6-9-12-15-18-20(22)23/h6-7,9-11,14,16,21H,2-5,8,12-13,15,17-18H2,1H3,(H,22,23). The Morgan fingerprint density at radius 3 is 2.17 bits per heavy atom. The fourth-order valence-corrected chi connectivity index (χ4v) is 1.98. The highest BCUT2D eigenvalue weighted by Crippen LogP contribution is 2.04. The topological polar surface area (TPSA) is 57.5 Å². The third kappa shape index (κ3) is 18.2. The number of aliphatic carboxylic acids is 1. The molecule has 0 rings (SSSR count). The van der Waals surface area contributed by atoms with Crippen LogP contribution in [0.5, 0.6) is 0 Å². The van der Waals surface area contributed by atoms with E-state index in [4.69, 9.17) is 5.11 Å². The second-order valence-corrected chi connectivity index (χ2v) is 5.57. The van der Waals surface area contributed by atoms with Crippen molar-refractivity contribution in [1.29, 1.82) is 0 Å². The number of unbranched alkanes of at least 4 members (excludes halogenated alkanes) is 4. The number of aliphatic hydroxyl groups is 1. The molecule has 0 amide bonds. The summed E-state index contributed by atoms with van der Waals surface area (Å²) in [7, 11) is 0. The quantitative estimate of drug-likeness (QED) is 0.231. The highest BCUT2D eigenvalue weighted by atomic mass is 16.4. The number of hydrogen-bond donors (Lipinski definition) is 2. The SMILES string of the molecule is CCCCCC=CCC=C(O)CC=CCC=CCCCC(=O)O. The fraction of sp³-hybridized carbons (Fsp3) is 0.550. The fourth-order valence-electron chi connectivity index (χ4n) is 1.98. The molecule has 3 heteroatoms. The first-order valence-corrected chi connectivity index (χ1v) is 8.71. The minimum absolute atomic E-state index is 0.228. The van der Waals surface area contributed by atoms with Gasteiger partial charge in [-0.3, -0.25) is 4.79 Å². The number of rotatable bonds is 14. The summed E-state index contributed by atoms with van der Waals surface area (Å²) in [6, 6.07) is 0. The van der Waals surface area contributed by atoms with Crippen LogP contribution in [-0.4, -0.2) is 16.2 Å². The Kier molecular flexibility index (Phi) is 15.3. The second kappa shape index (κ2) is 16.6. The van der Waals surface area contributed by atoms with E-state index in [0.29, 0.717) is 18.6 Å².